The van der Waals surface area contributed by atoms with E-state index in [2.05, 4.69) is 15.6 Å². The van der Waals surface area contributed by atoms with Crippen LogP contribution in [0.4, 0.5) is 10.5 Å². The Balaban J connectivity index is 1.63. The van der Waals surface area contributed by atoms with Gasteiger partial charge in [-0.2, -0.15) is 0 Å². The van der Waals surface area contributed by atoms with Crippen LogP contribution in [0.25, 0.3) is 11.5 Å². The summed E-state index contributed by atoms with van der Waals surface area (Å²) in [5, 5.41) is 5.62. The lowest BCUT2D eigenvalue weighted by Crippen LogP contribution is -2.28. The van der Waals surface area contributed by atoms with Crippen molar-refractivity contribution in [1.82, 2.24) is 10.3 Å². The Bertz CT molecular complexity index is 882. The number of nitrogens with zero attached hydrogens (tertiary/aromatic N) is 1. The number of benzene rings is 2. The minimum Gasteiger partial charge on any atom is -0.441 e. The van der Waals surface area contributed by atoms with Gasteiger partial charge in [-0.05, 0) is 50.6 Å². The zero-order valence-electron chi connectivity index (χ0n) is 14.6. The molecule has 3 aromatic rings. The van der Waals surface area contributed by atoms with E-state index in [-0.39, 0.29) is 6.03 Å². The van der Waals surface area contributed by atoms with Crippen molar-refractivity contribution in [2.45, 2.75) is 27.3 Å². The molecule has 1 heterocycles. The number of oxazole rings is 1. The lowest BCUT2D eigenvalue weighted by molar-refractivity contribution is 0.251. The molecular weight excluding hydrogens is 314 g/mol. The third-order valence-electron chi connectivity index (χ3n) is 3.88. The summed E-state index contributed by atoms with van der Waals surface area (Å²) in [4.78, 5) is 16.5. The standard InChI is InChI=1S/C20H21N3O2/c1-13-7-9-16(10-8-13)19-23-18(15(3)25-19)12-21-20(24)22-17-6-4-5-14(2)11-17/h4-11H,12H2,1-3H3,(H2,21,22,24). The van der Waals surface area contributed by atoms with Gasteiger partial charge in [-0.1, -0.05) is 29.8 Å². The van der Waals surface area contributed by atoms with Crippen molar-refractivity contribution < 1.29 is 9.21 Å². The average molecular weight is 335 g/mol. The molecule has 2 amide bonds. The van der Waals surface area contributed by atoms with Crippen molar-refractivity contribution >= 4 is 11.7 Å². The molecule has 0 saturated heterocycles. The summed E-state index contributed by atoms with van der Waals surface area (Å²) in [5.41, 5.74) is 4.67. The lowest BCUT2D eigenvalue weighted by Gasteiger charge is -2.07. The normalized spacial score (nSPS) is 10.5. The van der Waals surface area contributed by atoms with E-state index in [1.54, 1.807) is 0 Å². The minimum absolute atomic E-state index is 0.273. The van der Waals surface area contributed by atoms with E-state index in [1.807, 2.05) is 69.3 Å². The number of hydrogen-bond acceptors (Lipinski definition) is 3. The largest absolute Gasteiger partial charge is 0.441 e. The molecule has 0 unspecified atom stereocenters. The molecular formula is C20H21N3O2. The molecule has 0 aliphatic rings. The summed E-state index contributed by atoms with van der Waals surface area (Å²) in [6.07, 6.45) is 0. The molecule has 0 atom stereocenters. The molecule has 5 nitrogen and oxygen atoms in total. The Hall–Kier alpha value is -3.08. The van der Waals surface area contributed by atoms with E-state index in [4.69, 9.17) is 4.42 Å². The summed E-state index contributed by atoms with van der Waals surface area (Å²) in [7, 11) is 0. The summed E-state index contributed by atoms with van der Waals surface area (Å²) in [6, 6.07) is 15.4. The van der Waals surface area contributed by atoms with Gasteiger partial charge < -0.3 is 15.1 Å². The van der Waals surface area contributed by atoms with Crippen molar-refractivity contribution in [3.05, 3.63) is 71.1 Å². The van der Waals surface area contributed by atoms with Crippen LogP contribution in [0.2, 0.25) is 0 Å². The van der Waals surface area contributed by atoms with Crippen LogP contribution in [-0.4, -0.2) is 11.0 Å². The van der Waals surface area contributed by atoms with Gasteiger partial charge in [0.05, 0.1) is 6.54 Å². The number of carbonyl (C=O) groups excluding carboxylic acids is 1. The number of anilines is 1. The van der Waals surface area contributed by atoms with Crippen LogP contribution in [0.5, 0.6) is 0 Å². The fourth-order valence-electron chi connectivity index (χ4n) is 2.47. The van der Waals surface area contributed by atoms with E-state index >= 15 is 0 Å². The minimum atomic E-state index is -0.273. The third kappa shape index (κ3) is 4.26. The fourth-order valence-corrected chi connectivity index (χ4v) is 2.47. The first-order valence-electron chi connectivity index (χ1n) is 8.16. The van der Waals surface area contributed by atoms with Gasteiger partial charge in [-0.3, -0.25) is 0 Å². The zero-order valence-corrected chi connectivity index (χ0v) is 14.6. The monoisotopic (exact) mass is 335 g/mol. The quantitative estimate of drug-likeness (QED) is 0.733. The summed E-state index contributed by atoms with van der Waals surface area (Å²) in [5.74, 6) is 1.26. The Kier molecular flexibility index (Phi) is 4.84. The Labute approximate surface area is 147 Å². The first kappa shape index (κ1) is 16.8. The molecule has 0 bridgehead atoms. The smallest absolute Gasteiger partial charge is 0.319 e. The molecule has 0 aliphatic carbocycles. The summed E-state index contributed by atoms with van der Waals surface area (Å²) in [6.45, 7) is 6.17. The number of carbonyl (C=O) groups is 1. The molecule has 2 N–H and O–H groups in total. The third-order valence-corrected chi connectivity index (χ3v) is 3.88. The maximum atomic E-state index is 12.0. The zero-order chi connectivity index (χ0) is 17.8. The van der Waals surface area contributed by atoms with Gasteiger partial charge in [0.15, 0.2) is 0 Å². The van der Waals surface area contributed by atoms with E-state index in [0.29, 0.717) is 18.2 Å². The van der Waals surface area contributed by atoms with Crippen LogP contribution in [-0.2, 0) is 6.54 Å². The molecule has 0 radical (unpaired) electrons. The van der Waals surface area contributed by atoms with Crippen molar-refractivity contribution in [1.29, 1.82) is 0 Å². The molecule has 0 saturated carbocycles. The van der Waals surface area contributed by atoms with Gasteiger partial charge in [0.25, 0.3) is 0 Å². The van der Waals surface area contributed by atoms with E-state index in [9.17, 15) is 4.79 Å². The summed E-state index contributed by atoms with van der Waals surface area (Å²) >= 11 is 0. The molecule has 3 rings (SSSR count). The molecule has 0 fully saturated rings. The van der Waals surface area contributed by atoms with Gasteiger partial charge in [0.1, 0.15) is 11.5 Å². The molecule has 0 spiro atoms. The van der Waals surface area contributed by atoms with Crippen LogP contribution in [0.15, 0.2) is 52.9 Å². The van der Waals surface area contributed by atoms with E-state index in [0.717, 1.165) is 22.5 Å². The van der Waals surface area contributed by atoms with Crippen LogP contribution in [0.1, 0.15) is 22.6 Å². The number of aromatic nitrogens is 1. The van der Waals surface area contributed by atoms with Gasteiger partial charge in [0.2, 0.25) is 5.89 Å². The second kappa shape index (κ2) is 7.21. The number of aryl methyl sites for hydroxylation is 3. The van der Waals surface area contributed by atoms with Crippen LogP contribution in [0.3, 0.4) is 0 Å². The average Bonchev–Trinajstić information content (AvgIpc) is 2.94. The number of nitrogens with one attached hydrogen (secondary N) is 2. The van der Waals surface area contributed by atoms with Crippen molar-refractivity contribution in [3.63, 3.8) is 0 Å². The van der Waals surface area contributed by atoms with Crippen LogP contribution >= 0.6 is 0 Å². The van der Waals surface area contributed by atoms with Gasteiger partial charge in [0, 0.05) is 11.3 Å². The van der Waals surface area contributed by atoms with Crippen LogP contribution in [0, 0.1) is 20.8 Å². The van der Waals surface area contributed by atoms with E-state index in [1.165, 1.54) is 5.56 Å². The second-order valence-electron chi connectivity index (χ2n) is 6.07. The van der Waals surface area contributed by atoms with Crippen molar-refractivity contribution in [3.8, 4) is 11.5 Å². The SMILES string of the molecule is Cc1ccc(-c2nc(CNC(=O)Nc3cccc(C)c3)c(C)o2)cc1. The molecule has 5 heteroatoms. The molecule has 0 aliphatic heterocycles. The molecule has 128 valence electrons. The van der Waals surface area contributed by atoms with Crippen molar-refractivity contribution in [2.75, 3.05) is 5.32 Å². The second-order valence-corrected chi connectivity index (χ2v) is 6.07. The number of urea groups is 1. The van der Waals surface area contributed by atoms with Crippen molar-refractivity contribution in [2.24, 2.45) is 0 Å². The lowest BCUT2D eigenvalue weighted by atomic mass is 10.1. The Morgan fingerprint density at radius 2 is 1.80 bits per heavy atom. The number of hydrogen-bond donors (Lipinski definition) is 2. The molecule has 2 aromatic carbocycles. The van der Waals surface area contributed by atoms with Gasteiger partial charge in [-0.15, -0.1) is 0 Å². The van der Waals surface area contributed by atoms with Gasteiger partial charge in [-0.25, -0.2) is 9.78 Å². The van der Waals surface area contributed by atoms with Gasteiger partial charge >= 0.3 is 6.03 Å². The highest BCUT2D eigenvalue weighted by Crippen LogP contribution is 2.22. The highest BCUT2D eigenvalue weighted by molar-refractivity contribution is 5.89. The molecule has 25 heavy (non-hydrogen) atoms. The Morgan fingerprint density at radius 3 is 2.52 bits per heavy atom. The predicted molar refractivity (Wildman–Crippen MR) is 98.5 cm³/mol. The predicted octanol–water partition coefficient (Wildman–Crippen LogP) is 4.59. The molecule has 1 aromatic heterocycles. The Morgan fingerprint density at radius 1 is 1.04 bits per heavy atom. The topological polar surface area (TPSA) is 67.2 Å². The number of rotatable bonds is 4. The van der Waals surface area contributed by atoms with E-state index < -0.39 is 0 Å². The maximum Gasteiger partial charge on any atom is 0.319 e. The summed E-state index contributed by atoms with van der Waals surface area (Å²) < 4.78 is 5.72. The fraction of sp³-hybridized carbons (Fsp3) is 0.200. The highest BCUT2D eigenvalue weighted by atomic mass is 16.4. The highest BCUT2D eigenvalue weighted by Gasteiger charge is 2.12. The maximum absolute atomic E-state index is 12.0. The van der Waals surface area contributed by atoms with Crippen LogP contribution < -0.4 is 10.6 Å². The first-order chi connectivity index (χ1) is 12.0. The first-order valence-corrected chi connectivity index (χ1v) is 8.16. The number of amides is 2.